The summed E-state index contributed by atoms with van der Waals surface area (Å²) in [6.07, 6.45) is 4.58. The Morgan fingerprint density at radius 2 is 1.96 bits per heavy atom. The molecule has 1 saturated heterocycles. The summed E-state index contributed by atoms with van der Waals surface area (Å²) >= 11 is 0. The van der Waals surface area contributed by atoms with Gasteiger partial charge in [0.05, 0.1) is 19.8 Å². The number of guanidine groups is 1. The lowest BCUT2D eigenvalue weighted by Gasteiger charge is -2.21. The molecule has 0 saturated carbocycles. The Morgan fingerprint density at radius 3 is 2.70 bits per heavy atom. The second-order valence-electron chi connectivity index (χ2n) is 5.96. The Morgan fingerprint density at radius 1 is 1.13 bits per heavy atom. The van der Waals surface area contributed by atoms with Gasteiger partial charge in [0, 0.05) is 52.9 Å². The van der Waals surface area contributed by atoms with Gasteiger partial charge in [-0.2, -0.15) is 0 Å². The Labute approximate surface area is 141 Å². The fraction of sp³-hybridized carbons (Fsp3) is 0.941. The van der Waals surface area contributed by atoms with Crippen molar-refractivity contribution in [1.82, 2.24) is 10.2 Å². The summed E-state index contributed by atoms with van der Waals surface area (Å²) in [5.74, 6) is 1.65. The van der Waals surface area contributed by atoms with Gasteiger partial charge in [-0.05, 0) is 32.6 Å². The number of hydrogen-bond acceptors (Lipinski definition) is 4. The van der Waals surface area contributed by atoms with Crippen molar-refractivity contribution in [3.63, 3.8) is 0 Å². The number of rotatable bonds is 12. The smallest absolute Gasteiger partial charge is 0.193 e. The first-order valence-corrected chi connectivity index (χ1v) is 8.90. The van der Waals surface area contributed by atoms with E-state index in [0.29, 0.717) is 19.1 Å². The zero-order valence-electron chi connectivity index (χ0n) is 15.2. The maximum Gasteiger partial charge on any atom is 0.193 e. The molecule has 136 valence electrons. The van der Waals surface area contributed by atoms with Crippen molar-refractivity contribution >= 4 is 5.96 Å². The highest BCUT2D eigenvalue weighted by Gasteiger charge is 2.24. The molecular weight excluding hydrogens is 294 g/mol. The molecule has 1 rings (SSSR count). The molecule has 1 atom stereocenters. The summed E-state index contributed by atoms with van der Waals surface area (Å²) < 4.78 is 15.7. The van der Waals surface area contributed by atoms with Crippen LogP contribution in [-0.2, 0) is 14.2 Å². The first-order valence-electron chi connectivity index (χ1n) is 8.90. The Bertz CT molecular complexity index is 313. The van der Waals surface area contributed by atoms with Crippen LogP contribution in [0.1, 0.15) is 32.6 Å². The van der Waals surface area contributed by atoms with Crippen molar-refractivity contribution in [1.29, 1.82) is 0 Å². The fourth-order valence-corrected chi connectivity index (χ4v) is 2.70. The maximum atomic E-state index is 5.66. The number of ether oxygens (including phenoxy) is 3. The summed E-state index contributed by atoms with van der Waals surface area (Å²) in [4.78, 5) is 7.13. The van der Waals surface area contributed by atoms with Crippen LogP contribution in [0.2, 0.25) is 0 Å². The average Bonchev–Trinajstić information content (AvgIpc) is 3.02. The summed E-state index contributed by atoms with van der Waals surface area (Å²) in [5, 5.41) is 3.41. The summed E-state index contributed by atoms with van der Waals surface area (Å²) in [6, 6.07) is 0. The Hall–Kier alpha value is -0.850. The minimum Gasteiger partial charge on any atom is -0.385 e. The standard InChI is InChI=1S/C17H35N3O3/c1-4-18-17(19-9-6-5-7-11-21-2)20-10-8-16(14-20)15-23-13-12-22-3/h16H,4-15H2,1-3H3,(H,18,19). The SMILES string of the molecule is CCNC(=NCCCCCOC)N1CCC(COCCOC)C1. The van der Waals surface area contributed by atoms with E-state index in [9.17, 15) is 0 Å². The molecule has 0 amide bonds. The van der Waals surface area contributed by atoms with Gasteiger partial charge in [0.15, 0.2) is 5.96 Å². The monoisotopic (exact) mass is 329 g/mol. The van der Waals surface area contributed by atoms with Gasteiger partial charge in [0.25, 0.3) is 0 Å². The van der Waals surface area contributed by atoms with Crippen LogP contribution in [0, 0.1) is 5.92 Å². The predicted molar refractivity (Wildman–Crippen MR) is 94.1 cm³/mol. The summed E-state index contributed by atoms with van der Waals surface area (Å²) in [5.41, 5.74) is 0. The summed E-state index contributed by atoms with van der Waals surface area (Å²) in [6.45, 7) is 9.03. The van der Waals surface area contributed by atoms with E-state index in [1.807, 2.05) is 0 Å². The molecule has 0 aromatic rings. The number of nitrogens with zero attached hydrogens (tertiary/aromatic N) is 2. The van der Waals surface area contributed by atoms with Gasteiger partial charge in [-0.3, -0.25) is 4.99 Å². The van der Waals surface area contributed by atoms with Crippen LogP contribution in [-0.4, -0.2) is 77.7 Å². The molecule has 0 spiro atoms. The van der Waals surface area contributed by atoms with Gasteiger partial charge in [-0.25, -0.2) is 0 Å². The van der Waals surface area contributed by atoms with Crippen LogP contribution < -0.4 is 5.32 Å². The van der Waals surface area contributed by atoms with Crippen molar-refractivity contribution in [3.8, 4) is 0 Å². The van der Waals surface area contributed by atoms with Gasteiger partial charge in [-0.15, -0.1) is 0 Å². The lowest BCUT2D eigenvalue weighted by molar-refractivity contribution is 0.0536. The van der Waals surface area contributed by atoms with E-state index in [1.165, 1.54) is 12.8 Å². The third-order valence-corrected chi connectivity index (χ3v) is 3.97. The van der Waals surface area contributed by atoms with Crippen molar-refractivity contribution in [2.24, 2.45) is 10.9 Å². The molecular formula is C17H35N3O3. The molecule has 1 heterocycles. The van der Waals surface area contributed by atoms with E-state index in [4.69, 9.17) is 19.2 Å². The Balaban J connectivity index is 2.27. The average molecular weight is 329 g/mol. The van der Waals surface area contributed by atoms with E-state index in [-0.39, 0.29) is 0 Å². The highest BCUT2D eigenvalue weighted by Crippen LogP contribution is 2.16. The molecule has 0 aliphatic carbocycles. The second kappa shape index (κ2) is 13.6. The molecule has 6 heteroatoms. The van der Waals surface area contributed by atoms with Crippen molar-refractivity contribution in [2.75, 3.05) is 66.8 Å². The molecule has 0 radical (unpaired) electrons. The molecule has 23 heavy (non-hydrogen) atoms. The molecule has 1 unspecified atom stereocenters. The van der Waals surface area contributed by atoms with Gasteiger partial charge >= 0.3 is 0 Å². The predicted octanol–water partition coefficient (Wildman–Crippen LogP) is 1.75. The van der Waals surface area contributed by atoms with Gasteiger partial charge < -0.3 is 24.4 Å². The van der Waals surface area contributed by atoms with E-state index in [0.717, 1.165) is 58.2 Å². The third-order valence-electron chi connectivity index (χ3n) is 3.97. The molecule has 6 nitrogen and oxygen atoms in total. The highest BCUT2D eigenvalue weighted by atomic mass is 16.5. The maximum absolute atomic E-state index is 5.66. The molecule has 0 bridgehead atoms. The highest BCUT2D eigenvalue weighted by molar-refractivity contribution is 5.80. The molecule has 1 aliphatic heterocycles. The van der Waals surface area contributed by atoms with Crippen LogP contribution in [0.4, 0.5) is 0 Å². The normalized spacial score (nSPS) is 18.7. The molecule has 0 aromatic carbocycles. The van der Waals surface area contributed by atoms with E-state index in [1.54, 1.807) is 14.2 Å². The second-order valence-corrected chi connectivity index (χ2v) is 5.96. The van der Waals surface area contributed by atoms with Crippen LogP contribution in [0.15, 0.2) is 4.99 Å². The number of nitrogens with one attached hydrogen (secondary N) is 1. The number of likely N-dealkylation sites (tertiary alicyclic amines) is 1. The molecule has 1 fully saturated rings. The van der Waals surface area contributed by atoms with Crippen molar-refractivity contribution < 1.29 is 14.2 Å². The van der Waals surface area contributed by atoms with Crippen LogP contribution in [0.5, 0.6) is 0 Å². The van der Waals surface area contributed by atoms with Crippen LogP contribution in [0.3, 0.4) is 0 Å². The molecule has 0 aromatic heterocycles. The van der Waals surface area contributed by atoms with Crippen molar-refractivity contribution in [3.05, 3.63) is 0 Å². The van der Waals surface area contributed by atoms with E-state index in [2.05, 4.69) is 17.1 Å². The lowest BCUT2D eigenvalue weighted by Crippen LogP contribution is -2.40. The largest absolute Gasteiger partial charge is 0.385 e. The minimum atomic E-state index is 0.595. The Kier molecular flexibility index (Phi) is 11.9. The quantitative estimate of drug-likeness (QED) is 0.336. The zero-order chi connectivity index (χ0) is 16.8. The molecule has 1 aliphatic rings. The number of aliphatic imine (C=N–C) groups is 1. The molecule has 1 N–H and O–H groups in total. The summed E-state index contributed by atoms with van der Waals surface area (Å²) in [7, 11) is 3.46. The van der Waals surface area contributed by atoms with E-state index < -0.39 is 0 Å². The third kappa shape index (κ3) is 9.13. The van der Waals surface area contributed by atoms with Crippen LogP contribution in [0.25, 0.3) is 0 Å². The topological polar surface area (TPSA) is 55.3 Å². The fourth-order valence-electron chi connectivity index (χ4n) is 2.70. The van der Waals surface area contributed by atoms with Crippen molar-refractivity contribution in [2.45, 2.75) is 32.6 Å². The zero-order valence-corrected chi connectivity index (χ0v) is 15.2. The number of hydrogen-bond donors (Lipinski definition) is 1. The van der Waals surface area contributed by atoms with E-state index >= 15 is 0 Å². The van der Waals surface area contributed by atoms with Gasteiger partial charge in [0.2, 0.25) is 0 Å². The van der Waals surface area contributed by atoms with Crippen LogP contribution >= 0.6 is 0 Å². The first-order chi connectivity index (χ1) is 11.3. The van der Waals surface area contributed by atoms with Gasteiger partial charge in [0.1, 0.15) is 0 Å². The van der Waals surface area contributed by atoms with Gasteiger partial charge in [-0.1, -0.05) is 0 Å². The first kappa shape index (κ1) is 20.2. The number of unbranched alkanes of at least 4 members (excludes halogenated alkanes) is 2. The lowest BCUT2D eigenvalue weighted by atomic mass is 10.1. The minimum absolute atomic E-state index is 0.595. The number of methoxy groups -OCH3 is 2.